The van der Waals surface area contributed by atoms with Gasteiger partial charge in [0.15, 0.2) is 0 Å². The van der Waals surface area contributed by atoms with E-state index in [0.29, 0.717) is 17.3 Å². The molecule has 2 N–H and O–H groups in total. The van der Waals surface area contributed by atoms with Crippen LogP contribution < -0.4 is 5.73 Å². The zero-order valence-electron chi connectivity index (χ0n) is 10.7. The van der Waals surface area contributed by atoms with E-state index in [9.17, 15) is 5.26 Å². The van der Waals surface area contributed by atoms with Crippen LogP contribution in [-0.2, 0) is 0 Å². The molecule has 0 radical (unpaired) electrons. The summed E-state index contributed by atoms with van der Waals surface area (Å²) in [5.74, 6) is 0.845. The SMILES string of the molecule is N#Cc1c(C2CCCC2)nn(-c2ccccc2)c1N. The lowest BCUT2D eigenvalue weighted by Crippen LogP contribution is -2.02. The molecular formula is C15H16N4. The first-order valence-corrected chi connectivity index (χ1v) is 6.65. The van der Waals surface area contributed by atoms with Crippen molar-refractivity contribution in [3.63, 3.8) is 0 Å². The maximum absolute atomic E-state index is 9.34. The monoisotopic (exact) mass is 252 g/mol. The number of nitrogens with two attached hydrogens (primary N) is 1. The van der Waals surface area contributed by atoms with Gasteiger partial charge < -0.3 is 5.73 Å². The molecule has 1 aliphatic carbocycles. The van der Waals surface area contributed by atoms with Gasteiger partial charge in [0.25, 0.3) is 0 Å². The van der Waals surface area contributed by atoms with E-state index in [1.54, 1.807) is 4.68 Å². The molecular weight excluding hydrogens is 236 g/mol. The van der Waals surface area contributed by atoms with Gasteiger partial charge in [0.1, 0.15) is 17.5 Å². The molecule has 1 heterocycles. The van der Waals surface area contributed by atoms with Crippen molar-refractivity contribution in [1.29, 1.82) is 5.26 Å². The third-order valence-electron chi connectivity index (χ3n) is 3.80. The third-order valence-corrected chi connectivity index (χ3v) is 3.80. The third kappa shape index (κ3) is 1.97. The molecule has 96 valence electrons. The first-order valence-electron chi connectivity index (χ1n) is 6.65. The normalized spacial score (nSPS) is 15.5. The van der Waals surface area contributed by atoms with Crippen molar-refractivity contribution in [1.82, 2.24) is 9.78 Å². The van der Waals surface area contributed by atoms with Gasteiger partial charge in [-0.25, -0.2) is 4.68 Å². The summed E-state index contributed by atoms with van der Waals surface area (Å²) in [4.78, 5) is 0. The maximum Gasteiger partial charge on any atom is 0.145 e. The van der Waals surface area contributed by atoms with Gasteiger partial charge in [-0.05, 0) is 25.0 Å². The molecule has 2 aromatic rings. The standard InChI is InChI=1S/C15H16N4/c16-10-13-14(11-6-4-5-7-11)18-19(15(13)17)12-8-2-1-3-9-12/h1-3,8-9,11H,4-7,17H2. The van der Waals surface area contributed by atoms with E-state index in [0.717, 1.165) is 24.2 Å². The van der Waals surface area contributed by atoms with Gasteiger partial charge in [-0.3, -0.25) is 0 Å². The Kier molecular flexibility index (Phi) is 2.96. The number of rotatable bonds is 2. The number of aromatic nitrogens is 2. The van der Waals surface area contributed by atoms with Crippen LogP contribution in [0.15, 0.2) is 30.3 Å². The van der Waals surface area contributed by atoms with Crippen molar-refractivity contribution >= 4 is 5.82 Å². The average Bonchev–Trinajstić information content (AvgIpc) is 3.07. The number of hydrogen-bond donors (Lipinski definition) is 1. The highest BCUT2D eigenvalue weighted by molar-refractivity contribution is 5.57. The second-order valence-corrected chi connectivity index (χ2v) is 4.99. The fraction of sp³-hybridized carbons (Fsp3) is 0.333. The molecule has 1 fully saturated rings. The molecule has 0 atom stereocenters. The molecule has 3 rings (SSSR count). The van der Waals surface area contributed by atoms with Gasteiger partial charge in [-0.15, -0.1) is 0 Å². The Labute approximate surface area is 112 Å². The van der Waals surface area contributed by atoms with Crippen LogP contribution in [-0.4, -0.2) is 9.78 Å². The minimum atomic E-state index is 0.391. The Morgan fingerprint density at radius 2 is 1.89 bits per heavy atom. The van der Waals surface area contributed by atoms with Gasteiger partial charge >= 0.3 is 0 Å². The molecule has 1 aromatic carbocycles. The van der Waals surface area contributed by atoms with Crippen LogP contribution in [0.2, 0.25) is 0 Å². The van der Waals surface area contributed by atoms with Crippen LogP contribution in [0.3, 0.4) is 0 Å². The van der Waals surface area contributed by atoms with E-state index in [2.05, 4.69) is 11.2 Å². The first kappa shape index (κ1) is 11.8. The van der Waals surface area contributed by atoms with Crippen molar-refractivity contribution in [2.24, 2.45) is 0 Å². The Balaban J connectivity index is 2.10. The second kappa shape index (κ2) is 4.77. The molecule has 1 saturated carbocycles. The van der Waals surface area contributed by atoms with Crippen LogP contribution in [0.4, 0.5) is 5.82 Å². The summed E-state index contributed by atoms with van der Waals surface area (Å²) in [5.41, 5.74) is 8.42. The summed E-state index contributed by atoms with van der Waals surface area (Å²) >= 11 is 0. The largest absolute Gasteiger partial charge is 0.382 e. The van der Waals surface area contributed by atoms with E-state index >= 15 is 0 Å². The van der Waals surface area contributed by atoms with E-state index < -0.39 is 0 Å². The molecule has 0 unspecified atom stereocenters. The van der Waals surface area contributed by atoms with Gasteiger partial charge in [0.05, 0.1) is 11.4 Å². The smallest absolute Gasteiger partial charge is 0.145 e. The lowest BCUT2D eigenvalue weighted by atomic mass is 10.0. The van der Waals surface area contributed by atoms with Crippen LogP contribution in [0.25, 0.3) is 5.69 Å². The number of hydrogen-bond acceptors (Lipinski definition) is 3. The fourth-order valence-corrected chi connectivity index (χ4v) is 2.81. The minimum absolute atomic E-state index is 0.391. The molecule has 4 nitrogen and oxygen atoms in total. The number of benzene rings is 1. The van der Waals surface area contributed by atoms with Crippen molar-refractivity contribution in [3.8, 4) is 11.8 Å². The van der Waals surface area contributed by atoms with Crippen LogP contribution in [0.1, 0.15) is 42.9 Å². The second-order valence-electron chi connectivity index (χ2n) is 4.99. The molecule has 0 spiro atoms. The Morgan fingerprint density at radius 1 is 1.21 bits per heavy atom. The van der Waals surface area contributed by atoms with Gasteiger partial charge in [-0.1, -0.05) is 31.0 Å². The van der Waals surface area contributed by atoms with Crippen molar-refractivity contribution in [3.05, 3.63) is 41.6 Å². The molecule has 0 saturated heterocycles. The van der Waals surface area contributed by atoms with E-state index in [1.807, 2.05) is 30.3 Å². The molecule has 1 aromatic heterocycles. The minimum Gasteiger partial charge on any atom is -0.382 e. The lowest BCUT2D eigenvalue weighted by Gasteiger charge is -2.04. The predicted octanol–water partition coefficient (Wildman–Crippen LogP) is 2.98. The highest BCUT2D eigenvalue weighted by Crippen LogP contribution is 2.37. The van der Waals surface area contributed by atoms with Crippen LogP contribution >= 0.6 is 0 Å². The lowest BCUT2D eigenvalue weighted by molar-refractivity contribution is 0.678. The summed E-state index contributed by atoms with van der Waals surface area (Å²) in [6.07, 6.45) is 4.65. The van der Waals surface area contributed by atoms with Gasteiger partial charge in [0.2, 0.25) is 0 Å². The quantitative estimate of drug-likeness (QED) is 0.893. The topological polar surface area (TPSA) is 67.6 Å². The number of para-hydroxylation sites is 1. The zero-order chi connectivity index (χ0) is 13.2. The van der Waals surface area contributed by atoms with Crippen LogP contribution in [0.5, 0.6) is 0 Å². The van der Waals surface area contributed by atoms with E-state index in [-0.39, 0.29) is 0 Å². The number of nitrogen functional groups attached to an aromatic ring is 1. The van der Waals surface area contributed by atoms with Crippen molar-refractivity contribution in [2.45, 2.75) is 31.6 Å². The summed E-state index contributed by atoms with van der Waals surface area (Å²) < 4.78 is 1.69. The van der Waals surface area contributed by atoms with Crippen molar-refractivity contribution < 1.29 is 0 Å². The van der Waals surface area contributed by atoms with Gasteiger partial charge in [-0.2, -0.15) is 10.4 Å². The highest BCUT2D eigenvalue weighted by Gasteiger charge is 2.26. The zero-order valence-corrected chi connectivity index (χ0v) is 10.7. The van der Waals surface area contributed by atoms with Crippen molar-refractivity contribution in [2.75, 3.05) is 5.73 Å². The molecule has 1 aliphatic rings. The predicted molar refractivity (Wildman–Crippen MR) is 73.9 cm³/mol. The fourth-order valence-electron chi connectivity index (χ4n) is 2.81. The maximum atomic E-state index is 9.34. The van der Waals surface area contributed by atoms with Crippen LogP contribution in [0, 0.1) is 11.3 Å². The number of nitriles is 1. The highest BCUT2D eigenvalue weighted by atomic mass is 15.3. The van der Waals surface area contributed by atoms with E-state index in [4.69, 9.17) is 5.73 Å². The molecule has 0 bridgehead atoms. The number of nitrogens with zero attached hydrogens (tertiary/aromatic N) is 3. The summed E-state index contributed by atoms with van der Waals surface area (Å²) in [7, 11) is 0. The Hall–Kier alpha value is -2.28. The Bertz CT molecular complexity index is 616. The first-order chi connectivity index (χ1) is 9.31. The molecule has 0 aliphatic heterocycles. The Morgan fingerprint density at radius 3 is 2.53 bits per heavy atom. The molecule has 4 heteroatoms. The molecule has 19 heavy (non-hydrogen) atoms. The summed E-state index contributed by atoms with van der Waals surface area (Å²) in [6, 6.07) is 12.0. The number of anilines is 1. The summed E-state index contributed by atoms with van der Waals surface area (Å²) in [5, 5.41) is 13.9. The van der Waals surface area contributed by atoms with Gasteiger partial charge in [0, 0.05) is 5.92 Å². The molecule has 0 amide bonds. The van der Waals surface area contributed by atoms with E-state index in [1.165, 1.54) is 12.8 Å². The summed E-state index contributed by atoms with van der Waals surface area (Å²) in [6.45, 7) is 0. The average molecular weight is 252 g/mol.